The molecule has 1 aliphatic heterocycles. The average molecular weight is 333 g/mol. The largest absolute Gasteiger partial charge is 0.496 e. The molecule has 0 amide bonds. The fraction of sp³-hybridized carbons (Fsp3) is 0.529. The van der Waals surface area contributed by atoms with E-state index in [1.807, 2.05) is 19.1 Å². The van der Waals surface area contributed by atoms with Crippen molar-refractivity contribution in [2.75, 3.05) is 32.5 Å². The first-order chi connectivity index (χ1) is 11.6. The van der Waals surface area contributed by atoms with Crippen LogP contribution in [0, 0.1) is 5.92 Å². The summed E-state index contributed by atoms with van der Waals surface area (Å²) in [6, 6.07) is 3.91. The van der Waals surface area contributed by atoms with Crippen molar-refractivity contribution in [2.24, 2.45) is 5.92 Å². The van der Waals surface area contributed by atoms with Gasteiger partial charge >= 0.3 is 5.97 Å². The molecule has 0 atom stereocenters. The number of piperidine rings is 1. The van der Waals surface area contributed by atoms with Gasteiger partial charge in [0.25, 0.3) is 0 Å². The molecule has 2 heterocycles. The number of benzene rings is 1. The zero-order valence-corrected chi connectivity index (χ0v) is 14.1. The van der Waals surface area contributed by atoms with Crippen molar-refractivity contribution in [3.63, 3.8) is 0 Å². The minimum absolute atomic E-state index is 0.0206. The minimum Gasteiger partial charge on any atom is -0.496 e. The van der Waals surface area contributed by atoms with E-state index in [1.165, 1.54) is 0 Å². The summed E-state index contributed by atoms with van der Waals surface area (Å²) in [5.41, 5.74) is 7.52. The van der Waals surface area contributed by atoms with Crippen LogP contribution in [0.1, 0.15) is 25.3 Å². The minimum atomic E-state index is -0.0719. The molecule has 0 unspecified atom stereocenters. The standard InChI is InChI=1S/C17H23N3O4/c1-3-23-17(21)12-4-6-20(7-5-12)10-11-8-13(22-2)15-14(9-11)24-19-16(15)18/h8-9,12H,3-7,10H2,1-2H3,(H2,18,19). The number of nitrogen functional groups attached to an aromatic ring is 1. The molecule has 7 heteroatoms. The fourth-order valence-corrected chi connectivity index (χ4v) is 3.21. The number of esters is 1. The second-order valence-electron chi connectivity index (χ2n) is 6.04. The van der Waals surface area contributed by atoms with Crippen LogP contribution in [0.25, 0.3) is 11.0 Å². The number of likely N-dealkylation sites (tertiary alicyclic amines) is 1. The first-order valence-corrected chi connectivity index (χ1v) is 8.23. The van der Waals surface area contributed by atoms with Crippen LogP contribution in [0.4, 0.5) is 5.82 Å². The lowest BCUT2D eigenvalue weighted by Gasteiger charge is -2.30. The fourth-order valence-electron chi connectivity index (χ4n) is 3.21. The highest BCUT2D eigenvalue weighted by Gasteiger charge is 2.26. The normalized spacial score (nSPS) is 16.4. The molecule has 1 saturated heterocycles. The smallest absolute Gasteiger partial charge is 0.309 e. The summed E-state index contributed by atoms with van der Waals surface area (Å²) >= 11 is 0. The molecule has 0 bridgehead atoms. The molecule has 0 saturated carbocycles. The van der Waals surface area contributed by atoms with Gasteiger partial charge in [0.05, 0.1) is 19.6 Å². The van der Waals surface area contributed by atoms with Crippen molar-refractivity contribution in [1.82, 2.24) is 10.1 Å². The van der Waals surface area contributed by atoms with E-state index in [0.29, 0.717) is 29.1 Å². The van der Waals surface area contributed by atoms with Gasteiger partial charge in [-0.3, -0.25) is 9.69 Å². The van der Waals surface area contributed by atoms with Crippen molar-refractivity contribution in [1.29, 1.82) is 0 Å². The van der Waals surface area contributed by atoms with Gasteiger partial charge < -0.3 is 19.7 Å². The second-order valence-corrected chi connectivity index (χ2v) is 6.04. The molecule has 7 nitrogen and oxygen atoms in total. The molecule has 0 spiro atoms. The molecule has 24 heavy (non-hydrogen) atoms. The van der Waals surface area contributed by atoms with E-state index in [-0.39, 0.29) is 11.9 Å². The summed E-state index contributed by atoms with van der Waals surface area (Å²) in [7, 11) is 1.61. The van der Waals surface area contributed by atoms with Gasteiger partial charge in [-0.25, -0.2) is 0 Å². The van der Waals surface area contributed by atoms with Crippen LogP contribution >= 0.6 is 0 Å². The number of carbonyl (C=O) groups excluding carboxylic acids is 1. The Bertz CT molecular complexity index is 720. The molecule has 1 aromatic heterocycles. The maximum Gasteiger partial charge on any atom is 0.309 e. The Balaban J connectivity index is 1.67. The van der Waals surface area contributed by atoms with Crippen LogP contribution in [-0.4, -0.2) is 42.8 Å². The molecule has 2 N–H and O–H groups in total. The molecular weight excluding hydrogens is 310 g/mol. The third-order valence-corrected chi connectivity index (χ3v) is 4.46. The highest BCUT2D eigenvalue weighted by Crippen LogP contribution is 2.32. The van der Waals surface area contributed by atoms with E-state index in [4.69, 9.17) is 19.7 Å². The average Bonchev–Trinajstić information content (AvgIpc) is 2.96. The lowest BCUT2D eigenvalue weighted by Crippen LogP contribution is -2.36. The summed E-state index contributed by atoms with van der Waals surface area (Å²) in [5.74, 6) is 0.955. The number of nitrogens with two attached hydrogens (primary N) is 1. The number of ether oxygens (including phenoxy) is 2. The number of fused-ring (bicyclic) bond motifs is 1. The van der Waals surface area contributed by atoms with Gasteiger partial charge in [-0.2, -0.15) is 0 Å². The number of methoxy groups -OCH3 is 1. The van der Waals surface area contributed by atoms with Gasteiger partial charge in [0.15, 0.2) is 11.4 Å². The van der Waals surface area contributed by atoms with Crippen LogP contribution in [0.15, 0.2) is 16.7 Å². The van der Waals surface area contributed by atoms with Crippen LogP contribution in [0.5, 0.6) is 5.75 Å². The molecule has 1 fully saturated rings. The van der Waals surface area contributed by atoms with Crippen LogP contribution in [0.2, 0.25) is 0 Å². The number of aromatic nitrogens is 1. The van der Waals surface area contributed by atoms with Gasteiger partial charge in [-0.15, -0.1) is 0 Å². The van der Waals surface area contributed by atoms with E-state index >= 15 is 0 Å². The summed E-state index contributed by atoms with van der Waals surface area (Å²) in [6.45, 7) is 4.78. The zero-order chi connectivity index (χ0) is 17.1. The Labute approximate surface area is 140 Å². The Hall–Kier alpha value is -2.28. The highest BCUT2D eigenvalue weighted by molar-refractivity contribution is 5.93. The molecule has 130 valence electrons. The van der Waals surface area contributed by atoms with Gasteiger partial charge in [0.1, 0.15) is 11.1 Å². The van der Waals surface area contributed by atoms with E-state index < -0.39 is 0 Å². The van der Waals surface area contributed by atoms with Crippen molar-refractivity contribution in [2.45, 2.75) is 26.3 Å². The third kappa shape index (κ3) is 3.31. The third-order valence-electron chi connectivity index (χ3n) is 4.46. The highest BCUT2D eigenvalue weighted by atomic mass is 16.5. The van der Waals surface area contributed by atoms with Crippen LogP contribution < -0.4 is 10.5 Å². The summed E-state index contributed by atoms with van der Waals surface area (Å²) in [5, 5.41) is 4.51. The summed E-state index contributed by atoms with van der Waals surface area (Å²) < 4.78 is 15.8. The van der Waals surface area contributed by atoms with E-state index in [1.54, 1.807) is 7.11 Å². The molecule has 2 aromatic rings. The maximum absolute atomic E-state index is 11.8. The van der Waals surface area contributed by atoms with Crippen molar-refractivity contribution in [3.8, 4) is 5.75 Å². The maximum atomic E-state index is 11.8. The summed E-state index contributed by atoms with van der Waals surface area (Å²) in [6.07, 6.45) is 1.65. The van der Waals surface area contributed by atoms with E-state index in [9.17, 15) is 4.79 Å². The lowest BCUT2D eigenvalue weighted by molar-refractivity contribution is -0.149. The van der Waals surface area contributed by atoms with E-state index in [0.717, 1.165) is 38.0 Å². The van der Waals surface area contributed by atoms with Gasteiger partial charge in [0.2, 0.25) is 0 Å². The van der Waals surface area contributed by atoms with Crippen LogP contribution in [-0.2, 0) is 16.1 Å². The first kappa shape index (κ1) is 16.6. The van der Waals surface area contributed by atoms with Gasteiger partial charge in [0, 0.05) is 6.54 Å². The van der Waals surface area contributed by atoms with Crippen molar-refractivity contribution >= 4 is 22.8 Å². The number of nitrogens with zero attached hydrogens (tertiary/aromatic N) is 2. The monoisotopic (exact) mass is 333 g/mol. The molecule has 1 aliphatic rings. The second kappa shape index (κ2) is 7.09. The van der Waals surface area contributed by atoms with Gasteiger partial charge in [-0.1, -0.05) is 5.16 Å². The van der Waals surface area contributed by atoms with E-state index in [2.05, 4.69) is 10.1 Å². The number of anilines is 1. The summed E-state index contributed by atoms with van der Waals surface area (Å²) in [4.78, 5) is 14.1. The van der Waals surface area contributed by atoms with Gasteiger partial charge in [-0.05, 0) is 50.6 Å². The molecule has 0 aliphatic carbocycles. The molecular formula is C17H23N3O4. The Morgan fingerprint density at radius 1 is 1.42 bits per heavy atom. The number of hydrogen-bond donors (Lipinski definition) is 1. The number of hydrogen-bond acceptors (Lipinski definition) is 7. The first-order valence-electron chi connectivity index (χ1n) is 8.23. The number of rotatable bonds is 5. The predicted octanol–water partition coefficient (Wildman–Crippen LogP) is 2.19. The Morgan fingerprint density at radius 2 is 2.17 bits per heavy atom. The van der Waals surface area contributed by atoms with Crippen molar-refractivity contribution in [3.05, 3.63) is 17.7 Å². The Morgan fingerprint density at radius 3 is 2.83 bits per heavy atom. The SMILES string of the molecule is CCOC(=O)C1CCN(Cc2cc(OC)c3c(N)noc3c2)CC1. The molecule has 1 aromatic carbocycles. The predicted molar refractivity (Wildman–Crippen MR) is 89.6 cm³/mol. The topological polar surface area (TPSA) is 90.8 Å². The van der Waals surface area contributed by atoms with Crippen molar-refractivity contribution < 1.29 is 18.8 Å². The molecule has 3 rings (SSSR count). The molecule has 0 radical (unpaired) electrons. The number of carbonyl (C=O) groups is 1. The zero-order valence-electron chi connectivity index (χ0n) is 14.1. The quantitative estimate of drug-likeness (QED) is 0.839. The lowest BCUT2D eigenvalue weighted by atomic mass is 9.96. The Kier molecular flexibility index (Phi) is 4.89. The van der Waals surface area contributed by atoms with Crippen LogP contribution in [0.3, 0.4) is 0 Å².